The molecule has 1 aliphatic rings. The summed E-state index contributed by atoms with van der Waals surface area (Å²) in [6.45, 7) is 8.76. The van der Waals surface area contributed by atoms with Crippen molar-refractivity contribution in [3.8, 4) is 0 Å². The summed E-state index contributed by atoms with van der Waals surface area (Å²) in [6, 6.07) is 4.85. The van der Waals surface area contributed by atoms with E-state index in [4.69, 9.17) is 0 Å². The van der Waals surface area contributed by atoms with E-state index in [-0.39, 0.29) is 0 Å². The number of nitrogens with zero attached hydrogens (tertiary/aromatic N) is 1. The van der Waals surface area contributed by atoms with Crippen LogP contribution in [0.25, 0.3) is 0 Å². The van der Waals surface area contributed by atoms with Crippen LogP contribution in [0.15, 0.2) is 12.1 Å². The zero-order chi connectivity index (χ0) is 11.7. The Kier molecular flexibility index (Phi) is 3.17. The fraction of sp³-hybridized carbons (Fsp3) is 0.643. The van der Waals surface area contributed by atoms with E-state index >= 15 is 0 Å². The van der Waals surface area contributed by atoms with Gasteiger partial charge in [-0.2, -0.15) is 0 Å². The molecule has 1 aliphatic carbocycles. The highest BCUT2D eigenvalue weighted by Gasteiger charge is 2.33. The van der Waals surface area contributed by atoms with Gasteiger partial charge in [0.05, 0.1) is 0 Å². The van der Waals surface area contributed by atoms with Crippen LogP contribution < -0.4 is 5.32 Å². The second-order valence-electron chi connectivity index (χ2n) is 5.42. The lowest BCUT2D eigenvalue weighted by molar-refractivity contribution is 0.475. The number of anilines is 1. The smallest absolute Gasteiger partial charge is 0.126 e. The third kappa shape index (κ3) is 2.75. The molecule has 0 radical (unpaired) electrons. The van der Waals surface area contributed by atoms with Crippen molar-refractivity contribution in [2.24, 2.45) is 11.8 Å². The van der Waals surface area contributed by atoms with Gasteiger partial charge in [-0.15, -0.1) is 0 Å². The van der Waals surface area contributed by atoms with Gasteiger partial charge in [-0.05, 0) is 56.2 Å². The summed E-state index contributed by atoms with van der Waals surface area (Å²) in [5.41, 5.74) is 2.38. The Balaban J connectivity index is 2.11. The number of hydrogen-bond donors (Lipinski definition) is 1. The molecule has 88 valence electrons. The summed E-state index contributed by atoms with van der Waals surface area (Å²) in [5.74, 6) is 2.58. The molecule has 0 spiro atoms. The Morgan fingerprint density at radius 1 is 1.25 bits per heavy atom. The molecular formula is C14H22N2. The minimum absolute atomic E-state index is 0.591. The molecule has 1 heterocycles. The van der Waals surface area contributed by atoms with E-state index in [0.717, 1.165) is 17.4 Å². The van der Waals surface area contributed by atoms with Crippen molar-refractivity contribution in [2.45, 2.75) is 46.6 Å². The first kappa shape index (κ1) is 11.4. The lowest BCUT2D eigenvalue weighted by atomic mass is 9.99. The number of rotatable bonds is 4. The normalized spacial score (nSPS) is 17.6. The van der Waals surface area contributed by atoms with Crippen molar-refractivity contribution >= 4 is 5.82 Å². The zero-order valence-electron chi connectivity index (χ0n) is 10.7. The van der Waals surface area contributed by atoms with Gasteiger partial charge in [-0.1, -0.05) is 13.8 Å². The Hall–Kier alpha value is -1.05. The maximum absolute atomic E-state index is 4.56. The van der Waals surface area contributed by atoms with Gasteiger partial charge in [0.25, 0.3) is 0 Å². The minimum Gasteiger partial charge on any atom is -0.367 e. The lowest BCUT2D eigenvalue weighted by Gasteiger charge is -2.23. The molecule has 1 N–H and O–H groups in total. The molecule has 2 nitrogen and oxygen atoms in total. The number of pyridine rings is 1. The predicted molar refractivity (Wildman–Crippen MR) is 68.7 cm³/mol. The van der Waals surface area contributed by atoms with Gasteiger partial charge >= 0.3 is 0 Å². The van der Waals surface area contributed by atoms with E-state index in [0.29, 0.717) is 12.0 Å². The van der Waals surface area contributed by atoms with Crippen LogP contribution in [0.2, 0.25) is 0 Å². The van der Waals surface area contributed by atoms with Crippen molar-refractivity contribution in [1.29, 1.82) is 0 Å². The Bertz CT molecular complexity index is 345. The van der Waals surface area contributed by atoms with E-state index < -0.39 is 0 Å². The maximum atomic E-state index is 4.56. The molecule has 0 bridgehead atoms. The van der Waals surface area contributed by atoms with Crippen LogP contribution in [0.5, 0.6) is 0 Å². The van der Waals surface area contributed by atoms with Crippen molar-refractivity contribution in [1.82, 2.24) is 4.98 Å². The standard InChI is InChI=1S/C14H22N2/c1-9(2)14(12-5-6-12)16-13-8-10(3)7-11(4)15-13/h7-9,12,14H,5-6H2,1-4H3,(H,15,16). The Morgan fingerprint density at radius 2 is 1.94 bits per heavy atom. The lowest BCUT2D eigenvalue weighted by Crippen LogP contribution is -2.28. The minimum atomic E-state index is 0.591. The molecule has 2 rings (SSSR count). The molecule has 2 heteroatoms. The molecule has 1 unspecified atom stereocenters. The van der Waals surface area contributed by atoms with E-state index in [1.807, 2.05) is 0 Å². The highest BCUT2D eigenvalue weighted by Crippen LogP contribution is 2.37. The maximum Gasteiger partial charge on any atom is 0.126 e. The summed E-state index contributed by atoms with van der Waals surface area (Å²) in [7, 11) is 0. The molecule has 1 saturated carbocycles. The molecule has 0 saturated heterocycles. The number of nitrogens with one attached hydrogen (secondary N) is 1. The topological polar surface area (TPSA) is 24.9 Å². The second kappa shape index (κ2) is 4.44. The Labute approximate surface area is 98.5 Å². The number of aromatic nitrogens is 1. The first-order chi connectivity index (χ1) is 7.56. The summed E-state index contributed by atoms with van der Waals surface area (Å²) in [5, 5.41) is 3.61. The van der Waals surface area contributed by atoms with Crippen molar-refractivity contribution < 1.29 is 0 Å². The second-order valence-corrected chi connectivity index (χ2v) is 5.42. The molecule has 0 aromatic carbocycles. The van der Waals surface area contributed by atoms with E-state index in [1.165, 1.54) is 18.4 Å². The van der Waals surface area contributed by atoms with E-state index in [1.54, 1.807) is 0 Å². The largest absolute Gasteiger partial charge is 0.367 e. The molecule has 16 heavy (non-hydrogen) atoms. The van der Waals surface area contributed by atoms with Crippen molar-refractivity contribution in [2.75, 3.05) is 5.32 Å². The van der Waals surface area contributed by atoms with E-state index in [9.17, 15) is 0 Å². The van der Waals surface area contributed by atoms with Crippen molar-refractivity contribution in [3.05, 3.63) is 23.4 Å². The third-order valence-corrected chi connectivity index (χ3v) is 3.26. The fourth-order valence-corrected chi connectivity index (χ4v) is 2.37. The molecule has 1 atom stereocenters. The molecule has 1 fully saturated rings. The third-order valence-electron chi connectivity index (χ3n) is 3.26. The molecular weight excluding hydrogens is 196 g/mol. The highest BCUT2D eigenvalue weighted by molar-refractivity contribution is 5.40. The summed E-state index contributed by atoms with van der Waals surface area (Å²) in [6.07, 6.45) is 2.75. The van der Waals surface area contributed by atoms with Gasteiger partial charge in [-0.3, -0.25) is 0 Å². The van der Waals surface area contributed by atoms with Gasteiger partial charge in [-0.25, -0.2) is 4.98 Å². The summed E-state index contributed by atoms with van der Waals surface area (Å²) < 4.78 is 0. The first-order valence-electron chi connectivity index (χ1n) is 6.28. The fourth-order valence-electron chi connectivity index (χ4n) is 2.37. The molecule has 0 amide bonds. The zero-order valence-corrected chi connectivity index (χ0v) is 10.7. The van der Waals surface area contributed by atoms with E-state index in [2.05, 4.69) is 50.1 Å². The SMILES string of the molecule is Cc1cc(C)nc(NC(C(C)C)C2CC2)c1. The summed E-state index contributed by atoms with van der Waals surface area (Å²) in [4.78, 5) is 4.56. The van der Waals surface area contributed by atoms with Crippen LogP contribution in [-0.4, -0.2) is 11.0 Å². The van der Waals surface area contributed by atoms with Crippen molar-refractivity contribution in [3.63, 3.8) is 0 Å². The van der Waals surface area contributed by atoms with Gasteiger partial charge in [0.2, 0.25) is 0 Å². The average Bonchev–Trinajstić information content (AvgIpc) is 2.95. The monoisotopic (exact) mass is 218 g/mol. The van der Waals surface area contributed by atoms with Gasteiger partial charge in [0.1, 0.15) is 5.82 Å². The molecule has 1 aromatic heterocycles. The first-order valence-corrected chi connectivity index (χ1v) is 6.28. The highest BCUT2D eigenvalue weighted by atomic mass is 15.0. The Morgan fingerprint density at radius 3 is 2.44 bits per heavy atom. The van der Waals surface area contributed by atoms with Crippen LogP contribution >= 0.6 is 0 Å². The summed E-state index contributed by atoms with van der Waals surface area (Å²) >= 11 is 0. The van der Waals surface area contributed by atoms with Crippen LogP contribution in [-0.2, 0) is 0 Å². The van der Waals surface area contributed by atoms with Gasteiger partial charge in [0.15, 0.2) is 0 Å². The van der Waals surface area contributed by atoms with Crippen LogP contribution in [0.1, 0.15) is 37.9 Å². The van der Waals surface area contributed by atoms with Crippen LogP contribution in [0, 0.1) is 25.7 Å². The van der Waals surface area contributed by atoms with Gasteiger partial charge < -0.3 is 5.32 Å². The average molecular weight is 218 g/mol. The van der Waals surface area contributed by atoms with Gasteiger partial charge in [0, 0.05) is 11.7 Å². The number of hydrogen-bond acceptors (Lipinski definition) is 2. The predicted octanol–water partition coefficient (Wildman–Crippen LogP) is 3.54. The van der Waals surface area contributed by atoms with Crippen LogP contribution in [0.3, 0.4) is 0 Å². The molecule has 1 aromatic rings. The quantitative estimate of drug-likeness (QED) is 0.836. The molecule has 0 aliphatic heterocycles. The number of aryl methyl sites for hydroxylation is 2. The van der Waals surface area contributed by atoms with Crippen LogP contribution in [0.4, 0.5) is 5.82 Å².